The lowest BCUT2D eigenvalue weighted by Crippen LogP contribution is -2.11. The molecule has 12 rings (SSSR count). The molecule has 68 heavy (non-hydrogen) atoms. The first-order valence-corrected chi connectivity index (χ1v) is 22.5. The van der Waals surface area contributed by atoms with Crippen molar-refractivity contribution in [2.45, 2.75) is 6.18 Å². The van der Waals surface area contributed by atoms with E-state index in [2.05, 4.69) is 78.9 Å². The zero-order valence-electron chi connectivity index (χ0n) is 36.4. The van der Waals surface area contributed by atoms with Gasteiger partial charge in [-0.1, -0.05) is 158 Å². The van der Waals surface area contributed by atoms with Crippen LogP contribution in [-0.2, 0) is 6.18 Å². The van der Waals surface area contributed by atoms with E-state index in [0.717, 1.165) is 88.1 Å². The minimum Gasteiger partial charge on any atom is -0.309 e. The van der Waals surface area contributed by atoms with Gasteiger partial charge in [0.1, 0.15) is 0 Å². The molecule has 0 spiro atoms. The van der Waals surface area contributed by atoms with Crippen LogP contribution in [0.1, 0.15) is 11.1 Å². The zero-order chi connectivity index (χ0) is 45.9. The van der Waals surface area contributed by atoms with E-state index in [-0.39, 0.29) is 0 Å². The van der Waals surface area contributed by atoms with Crippen LogP contribution in [0.3, 0.4) is 0 Å². The Morgan fingerprint density at radius 3 is 0.956 bits per heavy atom. The third kappa shape index (κ3) is 6.92. The molecule has 0 aliphatic heterocycles. The van der Waals surface area contributed by atoms with Crippen molar-refractivity contribution < 1.29 is 13.2 Å². The molecule has 0 unspecified atom stereocenters. The van der Waals surface area contributed by atoms with Gasteiger partial charge in [-0.25, -0.2) is 0 Å². The van der Waals surface area contributed by atoms with Crippen molar-refractivity contribution in [3.63, 3.8) is 0 Å². The molecule has 3 nitrogen and oxygen atoms in total. The van der Waals surface area contributed by atoms with E-state index < -0.39 is 11.7 Å². The Morgan fingerprint density at radius 1 is 0.324 bits per heavy atom. The number of fused-ring (bicyclic) bond motifs is 6. The van der Waals surface area contributed by atoms with Crippen LogP contribution in [0.15, 0.2) is 231 Å². The van der Waals surface area contributed by atoms with E-state index in [4.69, 9.17) is 0 Å². The van der Waals surface area contributed by atoms with Gasteiger partial charge in [0.05, 0.1) is 50.6 Å². The fourth-order valence-electron chi connectivity index (χ4n) is 9.97. The van der Waals surface area contributed by atoms with Crippen molar-refractivity contribution in [3.05, 3.63) is 242 Å². The summed E-state index contributed by atoms with van der Waals surface area (Å²) in [6, 6.07) is 77.3. The molecular formula is C62H38F3N3. The summed E-state index contributed by atoms with van der Waals surface area (Å²) in [5.74, 6) is 0. The summed E-state index contributed by atoms with van der Waals surface area (Å²) < 4.78 is 51.5. The van der Waals surface area contributed by atoms with Crippen molar-refractivity contribution in [2.75, 3.05) is 0 Å². The van der Waals surface area contributed by atoms with Gasteiger partial charge in [-0.2, -0.15) is 18.4 Å². The van der Waals surface area contributed by atoms with Gasteiger partial charge in [0.2, 0.25) is 0 Å². The average molecular weight is 882 g/mol. The molecule has 6 heteroatoms. The van der Waals surface area contributed by atoms with Crippen LogP contribution in [0, 0.1) is 11.3 Å². The molecule has 10 aromatic carbocycles. The molecule has 2 aromatic heterocycles. The number of hydrogen-bond acceptors (Lipinski definition) is 1. The summed E-state index contributed by atoms with van der Waals surface area (Å²) in [4.78, 5) is 0. The van der Waals surface area contributed by atoms with Gasteiger partial charge in [-0.05, 0) is 123 Å². The van der Waals surface area contributed by atoms with Gasteiger partial charge in [-0.15, -0.1) is 0 Å². The lowest BCUT2D eigenvalue weighted by Gasteiger charge is -2.23. The van der Waals surface area contributed by atoms with Gasteiger partial charge >= 0.3 is 6.18 Å². The lowest BCUT2D eigenvalue weighted by molar-refractivity contribution is -0.137. The van der Waals surface area contributed by atoms with Gasteiger partial charge < -0.3 is 9.13 Å². The second kappa shape index (κ2) is 16.2. The number of alkyl halides is 3. The molecule has 0 aliphatic rings. The van der Waals surface area contributed by atoms with Crippen LogP contribution in [0.25, 0.3) is 111 Å². The average Bonchev–Trinajstić information content (AvgIpc) is 3.90. The normalized spacial score (nSPS) is 11.7. The smallest absolute Gasteiger partial charge is 0.309 e. The van der Waals surface area contributed by atoms with Gasteiger partial charge in [0, 0.05) is 27.1 Å². The van der Waals surface area contributed by atoms with Crippen LogP contribution in [0.2, 0.25) is 0 Å². The largest absolute Gasteiger partial charge is 0.416 e. The molecule has 2 heterocycles. The summed E-state index contributed by atoms with van der Waals surface area (Å²) in [6.45, 7) is 0. The zero-order valence-corrected chi connectivity index (χ0v) is 36.4. The fraction of sp³-hybridized carbons (Fsp3) is 0.0161. The van der Waals surface area contributed by atoms with Crippen LogP contribution < -0.4 is 0 Å². The first-order chi connectivity index (χ1) is 33.3. The number of halogens is 3. The first-order valence-electron chi connectivity index (χ1n) is 22.5. The van der Waals surface area contributed by atoms with Crippen molar-refractivity contribution >= 4 is 43.6 Å². The second-order valence-corrected chi connectivity index (χ2v) is 17.1. The van der Waals surface area contributed by atoms with E-state index in [0.29, 0.717) is 28.1 Å². The van der Waals surface area contributed by atoms with E-state index >= 15 is 13.2 Å². The number of nitrogens with zero attached hydrogens (tertiary/aromatic N) is 3. The summed E-state index contributed by atoms with van der Waals surface area (Å²) in [5, 5.41) is 13.9. The molecular weight excluding hydrogens is 844 g/mol. The lowest BCUT2D eigenvalue weighted by atomic mass is 9.96. The summed E-state index contributed by atoms with van der Waals surface area (Å²) in [6.07, 6.45) is -4.73. The molecule has 12 aromatic rings. The van der Waals surface area contributed by atoms with E-state index in [1.165, 1.54) is 12.1 Å². The number of rotatable bonds is 7. The number of nitriles is 1. The maximum absolute atomic E-state index is 15.8. The first kappa shape index (κ1) is 40.6. The second-order valence-electron chi connectivity index (χ2n) is 17.1. The van der Waals surface area contributed by atoms with Crippen LogP contribution in [0.4, 0.5) is 13.2 Å². The van der Waals surface area contributed by atoms with Gasteiger partial charge in [-0.3, -0.25) is 0 Å². The quantitative estimate of drug-likeness (QED) is 0.157. The summed E-state index contributed by atoms with van der Waals surface area (Å²) in [5.41, 5.74) is 12.5. The predicted molar refractivity (Wildman–Crippen MR) is 272 cm³/mol. The highest BCUT2D eigenvalue weighted by atomic mass is 19.4. The molecule has 0 bridgehead atoms. The van der Waals surface area contributed by atoms with Crippen molar-refractivity contribution in [3.8, 4) is 73.1 Å². The third-order valence-electron chi connectivity index (χ3n) is 13.1. The molecule has 0 N–H and O–H groups in total. The highest BCUT2D eigenvalue weighted by Gasteiger charge is 2.34. The topological polar surface area (TPSA) is 33.6 Å². The minimum atomic E-state index is -4.73. The summed E-state index contributed by atoms with van der Waals surface area (Å²) in [7, 11) is 0. The van der Waals surface area contributed by atoms with E-state index in [1.54, 1.807) is 18.2 Å². The van der Waals surface area contributed by atoms with E-state index in [9.17, 15) is 5.26 Å². The Balaban J connectivity index is 1.23. The molecule has 0 fully saturated rings. The monoisotopic (exact) mass is 881 g/mol. The SMILES string of the molecule is N#Cc1cccc(-c2c(-n3c4ccc(-c5ccccc5)cc4c4cc(-c5ccccc5)ccc43)cc(C(F)(F)F)cc2-n2c3ccc(-c4ccccc4)cc3c3cc(-c4ccccc4)ccc32)c1. The molecule has 0 radical (unpaired) electrons. The molecule has 0 amide bonds. The standard InChI is InChI=1S/C62H38F3N3/c63-62(64,65)50-37-59(67-55-28-24-45(41-15-5-1-6-16-41)33-51(55)52-34-46(25-29-56(52)67)42-17-7-2-8-18-42)61(49-23-13-14-40(32-49)39-66)60(38-50)68-57-30-26-47(43-19-9-3-10-20-43)35-53(57)54-36-48(27-31-58(54)68)44-21-11-4-12-22-44/h1-38H. The Morgan fingerprint density at radius 2 is 0.647 bits per heavy atom. The molecule has 0 aliphatic carbocycles. The molecule has 0 atom stereocenters. The van der Waals surface area contributed by atoms with E-state index in [1.807, 2.05) is 137 Å². The Labute approximate surface area is 390 Å². The maximum atomic E-state index is 15.8. The molecule has 0 saturated carbocycles. The number of hydrogen-bond donors (Lipinski definition) is 0. The Kier molecular flexibility index (Phi) is 9.67. The van der Waals surface area contributed by atoms with Gasteiger partial charge in [0.25, 0.3) is 0 Å². The molecule has 322 valence electrons. The highest BCUT2D eigenvalue weighted by Crippen LogP contribution is 2.47. The fourth-order valence-corrected chi connectivity index (χ4v) is 9.97. The number of aromatic nitrogens is 2. The third-order valence-corrected chi connectivity index (χ3v) is 13.1. The van der Waals surface area contributed by atoms with Gasteiger partial charge in [0.15, 0.2) is 0 Å². The number of benzene rings is 10. The van der Waals surface area contributed by atoms with Crippen molar-refractivity contribution in [1.82, 2.24) is 9.13 Å². The Hall–Kier alpha value is -8.92. The van der Waals surface area contributed by atoms with Crippen LogP contribution in [-0.4, -0.2) is 9.13 Å². The van der Waals surface area contributed by atoms with Crippen LogP contribution in [0.5, 0.6) is 0 Å². The highest BCUT2D eigenvalue weighted by molar-refractivity contribution is 6.14. The maximum Gasteiger partial charge on any atom is 0.416 e. The van der Waals surface area contributed by atoms with Crippen LogP contribution >= 0.6 is 0 Å². The van der Waals surface area contributed by atoms with Crippen molar-refractivity contribution in [1.29, 1.82) is 5.26 Å². The summed E-state index contributed by atoms with van der Waals surface area (Å²) >= 11 is 0. The van der Waals surface area contributed by atoms with Crippen molar-refractivity contribution in [2.24, 2.45) is 0 Å². The molecule has 0 saturated heterocycles. The Bertz CT molecular complexity index is 3520. The minimum absolute atomic E-state index is 0.335. The predicted octanol–water partition coefficient (Wildman–Crippen LogP) is 17.1.